The fourth-order valence-corrected chi connectivity index (χ4v) is 5.09. The molecule has 0 radical (unpaired) electrons. The number of allylic oxidation sites excluding steroid dienone is 1. The summed E-state index contributed by atoms with van der Waals surface area (Å²) >= 11 is 1.89. The Labute approximate surface area is 121 Å². The molecule has 3 heteroatoms. The van der Waals surface area contributed by atoms with E-state index in [4.69, 9.17) is 0 Å². The topological polar surface area (TPSA) is 20.3 Å². The second-order valence-corrected chi connectivity index (χ2v) is 7.34. The fraction of sp³-hybridized carbons (Fsp3) is 0.812. The summed E-state index contributed by atoms with van der Waals surface area (Å²) < 4.78 is 0. The number of piperidine rings is 1. The summed E-state index contributed by atoms with van der Waals surface area (Å²) in [6.07, 6.45) is 11.2. The van der Waals surface area contributed by atoms with Crippen molar-refractivity contribution in [1.29, 1.82) is 0 Å². The van der Waals surface area contributed by atoms with Crippen molar-refractivity contribution in [2.45, 2.75) is 57.9 Å². The normalized spacial score (nSPS) is 34.9. The molecule has 1 aliphatic carbocycles. The largest absolute Gasteiger partial charge is 0.339 e. The van der Waals surface area contributed by atoms with E-state index in [1.807, 2.05) is 11.8 Å². The number of hydrogen-bond donors (Lipinski definition) is 0. The van der Waals surface area contributed by atoms with Gasteiger partial charge in [0.05, 0.1) is 5.92 Å². The van der Waals surface area contributed by atoms with Crippen LogP contribution >= 0.6 is 11.8 Å². The summed E-state index contributed by atoms with van der Waals surface area (Å²) in [5.74, 6) is 2.37. The number of carbonyl (C=O) groups is 1. The molecule has 3 rings (SSSR count). The molecule has 2 nitrogen and oxygen atoms in total. The highest BCUT2D eigenvalue weighted by atomic mass is 32.2. The predicted octanol–water partition coefficient (Wildman–Crippen LogP) is 3.82. The Kier molecular flexibility index (Phi) is 4.21. The van der Waals surface area contributed by atoms with E-state index in [2.05, 4.69) is 17.9 Å². The zero-order valence-corrected chi connectivity index (χ0v) is 12.8. The van der Waals surface area contributed by atoms with Crippen LogP contribution in [0.25, 0.3) is 0 Å². The molecule has 3 atom stereocenters. The van der Waals surface area contributed by atoms with Crippen molar-refractivity contribution in [2.24, 2.45) is 11.8 Å². The maximum atomic E-state index is 12.8. The van der Waals surface area contributed by atoms with Gasteiger partial charge in [0, 0.05) is 18.3 Å². The first-order chi connectivity index (χ1) is 9.29. The van der Waals surface area contributed by atoms with E-state index in [1.165, 1.54) is 43.4 Å². The van der Waals surface area contributed by atoms with Gasteiger partial charge in [0.15, 0.2) is 0 Å². The van der Waals surface area contributed by atoms with Gasteiger partial charge in [-0.1, -0.05) is 25.8 Å². The van der Waals surface area contributed by atoms with Crippen LogP contribution in [0, 0.1) is 11.8 Å². The summed E-state index contributed by atoms with van der Waals surface area (Å²) in [6.45, 7) is 3.19. The SMILES string of the molecule is CCC1=CC(C(=O)N2CCCC3CCCCC32)CS1. The molecule has 1 amide bonds. The first-order valence-electron chi connectivity index (χ1n) is 7.93. The van der Waals surface area contributed by atoms with Gasteiger partial charge in [0.25, 0.3) is 0 Å². The highest BCUT2D eigenvalue weighted by Gasteiger charge is 2.38. The summed E-state index contributed by atoms with van der Waals surface area (Å²) in [6, 6.07) is 0.569. The maximum Gasteiger partial charge on any atom is 0.230 e. The Morgan fingerprint density at radius 3 is 2.89 bits per heavy atom. The van der Waals surface area contributed by atoms with Crippen LogP contribution in [0.15, 0.2) is 11.0 Å². The molecular weight excluding hydrogens is 254 g/mol. The number of thioether (sulfide) groups is 1. The van der Waals surface area contributed by atoms with Crippen molar-refractivity contribution in [3.05, 3.63) is 11.0 Å². The van der Waals surface area contributed by atoms with Crippen LogP contribution < -0.4 is 0 Å². The van der Waals surface area contributed by atoms with Crippen molar-refractivity contribution in [2.75, 3.05) is 12.3 Å². The Morgan fingerprint density at radius 2 is 2.11 bits per heavy atom. The van der Waals surface area contributed by atoms with Crippen LogP contribution in [0.1, 0.15) is 51.9 Å². The van der Waals surface area contributed by atoms with Crippen molar-refractivity contribution in [1.82, 2.24) is 4.90 Å². The van der Waals surface area contributed by atoms with Gasteiger partial charge in [-0.25, -0.2) is 0 Å². The highest BCUT2D eigenvalue weighted by molar-refractivity contribution is 8.03. The molecule has 3 aliphatic rings. The molecule has 0 bridgehead atoms. The minimum absolute atomic E-state index is 0.167. The average Bonchev–Trinajstić information content (AvgIpc) is 2.95. The number of rotatable bonds is 2. The quantitative estimate of drug-likeness (QED) is 0.766. The monoisotopic (exact) mass is 279 g/mol. The Hall–Kier alpha value is -0.440. The van der Waals surface area contributed by atoms with Crippen molar-refractivity contribution >= 4 is 17.7 Å². The van der Waals surface area contributed by atoms with Crippen LogP contribution in [0.3, 0.4) is 0 Å². The Bertz CT molecular complexity index is 377. The van der Waals surface area contributed by atoms with E-state index in [1.54, 1.807) is 0 Å². The molecule has 2 fully saturated rings. The van der Waals surface area contributed by atoms with Crippen LogP contribution in [0.5, 0.6) is 0 Å². The molecule has 106 valence electrons. The molecule has 0 N–H and O–H groups in total. The van der Waals surface area contributed by atoms with Crippen molar-refractivity contribution in [3.8, 4) is 0 Å². The van der Waals surface area contributed by atoms with Crippen LogP contribution in [-0.4, -0.2) is 29.1 Å². The standard InChI is InChI=1S/C16H25NOS/c1-2-14-10-13(11-19-14)16(18)17-9-5-7-12-6-3-4-8-15(12)17/h10,12-13,15H,2-9,11H2,1H3. The number of likely N-dealkylation sites (tertiary alicyclic amines) is 1. The fourth-order valence-electron chi connectivity index (χ4n) is 3.99. The van der Waals surface area contributed by atoms with Crippen LogP contribution in [-0.2, 0) is 4.79 Å². The molecule has 0 spiro atoms. The lowest BCUT2D eigenvalue weighted by Gasteiger charge is -2.44. The van der Waals surface area contributed by atoms with Gasteiger partial charge in [0.2, 0.25) is 5.91 Å². The summed E-state index contributed by atoms with van der Waals surface area (Å²) in [7, 11) is 0. The number of fused-ring (bicyclic) bond motifs is 1. The highest BCUT2D eigenvalue weighted by Crippen LogP contribution is 2.38. The number of hydrogen-bond acceptors (Lipinski definition) is 2. The predicted molar refractivity (Wildman–Crippen MR) is 81.0 cm³/mol. The third kappa shape index (κ3) is 2.72. The molecule has 19 heavy (non-hydrogen) atoms. The van der Waals surface area contributed by atoms with Crippen molar-refractivity contribution in [3.63, 3.8) is 0 Å². The number of nitrogens with zero attached hydrogens (tertiary/aromatic N) is 1. The van der Waals surface area contributed by atoms with E-state index < -0.39 is 0 Å². The molecule has 0 aromatic heterocycles. The molecular formula is C16H25NOS. The Balaban J connectivity index is 1.70. The van der Waals surface area contributed by atoms with Crippen LogP contribution in [0.2, 0.25) is 0 Å². The molecule has 3 unspecified atom stereocenters. The first kappa shape index (κ1) is 13.5. The van der Waals surface area contributed by atoms with Gasteiger partial charge in [-0.15, -0.1) is 11.8 Å². The van der Waals surface area contributed by atoms with E-state index >= 15 is 0 Å². The van der Waals surface area contributed by atoms with Crippen molar-refractivity contribution < 1.29 is 4.79 Å². The lowest BCUT2D eigenvalue weighted by Crippen LogP contribution is -2.51. The van der Waals surface area contributed by atoms with Gasteiger partial charge < -0.3 is 4.90 Å². The second-order valence-electron chi connectivity index (χ2n) is 6.19. The Morgan fingerprint density at radius 1 is 1.32 bits per heavy atom. The summed E-state index contributed by atoms with van der Waals surface area (Å²) in [5, 5.41) is 0. The molecule has 1 saturated carbocycles. The lowest BCUT2D eigenvalue weighted by molar-refractivity contribution is -0.139. The zero-order valence-electron chi connectivity index (χ0n) is 11.9. The smallest absolute Gasteiger partial charge is 0.230 e. The third-order valence-corrected chi connectivity index (χ3v) is 6.35. The maximum absolute atomic E-state index is 12.8. The van der Waals surface area contributed by atoms with Gasteiger partial charge in [-0.2, -0.15) is 0 Å². The molecule has 0 aromatic rings. The minimum Gasteiger partial charge on any atom is -0.339 e. The molecule has 2 heterocycles. The molecule has 1 saturated heterocycles. The number of carbonyl (C=O) groups excluding carboxylic acids is 1. The number of amides is 1. The average molecular weight is 279 g/mol. The summed E-state index contributed by atoms with van der Waals surface area (Å²) in [4.78, 5) is 16.5. The van der Waals surface area contributed by atoms with Gasteiger partial charge in [-0.3, -0.25) is 4.79 Å². The van der Waals surface area contributed by atoms with Gasteiger partial charge in [-0.05, 0) is 42.9 Å². The van der Waals surface area contributed by atoms with E-state index in [9.17, 15) is 4.79 Å². The van der Waals surface area contributed by atoms with Gasteiger partial charge in [0.1, 0.15) is 0 Å². The third-order valence-electron chi connectivity index (χ3n) is 5.03. The van der Waals surface area contributed by atoms with E-state index in [0.717, 1.165) is 24.6 Å². The lowest BCUT2D eigenvalue weighted by atomic mass is 9.78. The van der Waals surface area contributed by atoms with E-state index in [-0.39, 0.29) is 5.92 Å². The second kappa shape index (κ2) is 5.90. The molecule has 0 aromatic carbocycles. The minimum atomic E-state index is 0.167. The van der Waals surface area contributed by atoms with Crippen LogP contribution in [0.4, 0.5) is 0 Å². The van der Waals surface area contributed by atoms with Gasteiger partial charge >= 0.3 is 0 Å². The van der Waals surface area contributed by atoms with E-state index in [0.29, 0.717) is 11.9 Å². The zero-order chi connectivity index (χ0) is 13.2. The molecule has 2 aliphatic heterocycles. The summed E-state index contributed by atoms with van der Waals surface area (Å²) in [5.41, 5.74) is 0. The first-order valence-corrected chi connectivity index (χ1v) is 8.92.